The van der Waals surface area contributed by atoms with Crippen molar-refractivity contribution in [3.8, 4) is 5.75 Å². The van der Waals surface area contributed by atoms with E-state index in [2.05, 4.69) is 61.7 Å². The Hall–Kier alpha value is -2.64. The summed E-state index contributed by atoms with van der Waals surface area (Å²) < 4.78 is 7.43. The van der Waals surface area contributed by atoms with E-state index in [4.69, 9.17) is 4.74 Å². The van der Waals surface area contributed by atoms with Crippen molar-refractivity contribution < 1.29 is 4.74 Å². The highest BCUT2D eigenvalue weighted by atomic mass is 35.5. The van der Waals surface area contributed by atoms with E-state index in [9.17, 15) is 0 Å². The molecule has 0 bridgehead atoms. The quantitative estimate of drug-likeness (QED) is 0.592. The molecule has 0 aliphatic carbocycles. The van der Waals surface area contributed by atoms with Crippen LogP contribution < -0.4 is 9.64 Å². The van der Waals surface area contributed by atoms with Crippen molar-refractivity contribution in [2.45, 2.75) is 19.5 Å². The number of aryl methyl sites for hydroxylation is 2. The van der Waals surface area contributed by atoms with E-state index in [-0.39, 0.29) is 12.4 Å². The normalized spacial score (nSPS) is 14.4. The predicted octanol–water partition coefficient (Wildman–Crippen LogP) is 2.67. The average molecular weight is 415 g/mol. The fraction of sp³-hybridized carbons (Fsp3) is 0.381. The van der Waals surface area contributed by atoms with Crippen LogP contribution in [0.1, 0.15) is 11.4 Å². The number of halogens is 1. The second kappa shape index (κ2) is 10.2. The summed E-state index contributed by atoms with van der Waals surface area (Å²) in [6.07, 6.45) is 0.931. The minimum Gasteiger partial charge on any atom is -0.495 e. The van der Waals surface area contributed by atoms with Crippen molar-refractivity contribution in [1.29, 1.82) is 0 Å². The predicted molar refractivity (Wildman–Crippen MR) is 116 cm³/mol. The van der Waals surface area contributed by atoms with Crippen molar-refractivity contribution in [3.63, 3.8) is 0 Å². The van der Waals surface area contributed by atoms with Crippen LogP contribution in [0.15, 0.2) is 54.6 Å². The van der Waals surface area contributed by atoms with E-state index in [1.54, 1.807) is 7.11 Å². The molecule has 0 amide bonds. The number of nitrogens with zero attached hydrogens (tertiary/aromatic N) is 6. The first-order chi connectivity index (χ1) is 13.8. The van der Waals surface area contributed by atoms with E-state index < -0.39 is 0 Å². The van der Waals surface area contributed by atoms with Crippen LogP contribution in [0.5, 0.6) is 5.75 Å². The second-order valence-electron chi connectivity index (χ2n) is 6.99. The molecule has 7 nitrogen and oxygen atoms in total. The Bertz CT molecular complexity index is 880. The van der Waals surface area contributed by atoms with E-state index in [1.807, 2.05) is 22.9 Å². The Morgan fingerprint density at radius 1 is 0.931 bits per heavy atom. The molecule has 0 saturated carbocycles. The van der Waals surface area contributed by atoms with Gasteiger partial charge in [-0.2, -0.15) is 0 Å². The molecule has 1 aliphatic heterocycles. The average Bonchev–Trinajstić information content (AvgIpc) is 3.20. The first-order valence-corrected chi connectivity index (χ1v) is 9.73. The third-order valence-electron chi connectivity index (χ3n) is 5.22. The molecule has 1 fully saturated rings. The zero-order chi connectivity index (χ0) is 19.2. The van der Waals surface area contributed by atoms with Crippen molar-refractivity contribution >= 4 is 18.1 Å². The highest BCUT2D eigenvalue weighted by Gasteiger charge is 2.21. The molecule has 154 valence electrons. The van der Waals surface area contributed by atoms with Gasteiger partial charge in [-0.05, 0) is 34.5 Å². The first kappa shape index (κ1) is 21.1. The molecule has 29 heavy (non-hydrogen) atoms. The van der Waals surface area contributed by atoms with Gasteiger partial charge in [0, 0.05) is 32.7 Å². The number of piperazine rings is 1. The standard InChI is InChI=1S/C21H26N6O.ClH/c1-28-20-10-6-5-9-19(20)26-15-13-25(14-16-26)17-21-22-23-24-27(21)12-11-18-7-3-2-4-8-18;/h2-10H,11-17H2,1H3;1H. The van der Waals surface area contributed by atoms with Gasteiger partial charge < -0.3 is 9.64 Å². The highest BCUT2D eigenvalue weighted by molar-refractivity contribution is 5.85. The Balaban J connectivity index is 0.00000240. The van der Waals surface area contributed by atoms with Crippen LogP contribution >= 0.6 is 12.4 Å². The molecule has 1 saturated heterocycles. The van der Waals surface area contributed by atoms with Gasteiger partial charge in [-0.15, -0.1) is 17.5 Å². The van der Waals surface area contributed by atoms with Crippen molar-refractivity contribution in [2.75, 3.05) is 38.2 Å². The topological polar surface area (TPSA) is 59.3 Å². The number of rotatable bonds is 7. The lowest BCUT2D eigenvalue weighted by Crippen LogP contribution is -2.46. The zero-order valence-corrected chi connectivity index (χ0v) is 17.5. The smallest absolute Gasteiger partial charge is 0.165 e. The molecule has 4 rings (SSSR count). The van der Waals surface area contributed by atoms with Crippen LogP contribution in [0.4, 0.5) is 5.69 Å². The van der Waals surface area contributed by atoms with Crippen LogP contribution in [0.25, 0.3) is 0 Å². The van der Waals surface area contributed by atoms with Crippen molar-refractivity contribution in [2.24, 2.45) is 0 Å². The molecule has 0 atom stereocenters. The summed E-state index contributed by atoms with van der Waals surface area (Å²) >= 11 is 0. The lowest BCUT2D eigenvalue weighted by Gasteiger charge is -2.36. The third-order valence-corrected chi connectivity index (χ3v) is 5.22. The monoisotopic (exact) mass is 414 g/mol. The maximum atomic E-state index is 5.50. The minimum atomic E-state index is 0. The maximum Gasteiger partial charge on any atom is 0.165 e. The molecule has 0 unspecified atom stereocenters. The van der Waals surface area contributed by atoms with E-state index in [0.717, 1.165) is 63.0 Å². The Kier molecular flexibility index (Phi) is 7.43. The summed E-state index contributed by atoms with van der Waals surface area (Å²) in [5.74, 6) is 1.86. The van der Waals surface area contributed by atoms with Gasteiger partial charge >= 0.3 is 0 Å². The first-order valence-electron chi connectivity index (χ1n) is 9.73. The fourth-order valence-electron chi connectivity index (χ4n) is 3.63. The number of tetrazole rings is 1. The Labute approximate surface area is 177 Å². The SMILES string of the molecule is COc1ccccc1N1CCN(Cc2nnnn2CCc2ccccc2)CC1.Cl. The summed E-state index contributed by atoms with van der Waals surface area (Å²) in [5.41, 5.74) is 2.46. The van der Waals surface area contributed by atoms with Crippen LogP contribution in [0.3, 0.4) is 0 Å². The number of aromatic nitrogens is 4. The minimum absolute atomic E-state index is 0. The van der Waals surface area contributed by atoms with Gasteiger partial charge in [0.25, 0.3) is 0 Å². The van der Waals surface area contributed by atoms with Gasteiger partial charge in [0.15, 0.2) is 5.82 Å². The van der Waals surface area contributed by atoms with Gasteiger partial charge in [0.1, 0.15) is 5.75 Å². The Morgan fingerprint density at radius 3 is 2.41 bits per heavy atom. The third kappa shape index (κ3) is 5.25. The number of ether oxygens (including phenoxy) is 1. The maximum absolute atomic E-state index is 5.50. The van der Waals surface area contributed by atoms with E-state index in [1.165, 1.54) is 5.56 Å². The number of para-hydroxylation sites is 2. The summed E-state index contributed by atoms with van der Waals surface area (Å²) in [7, 11) is 1.73. The number of methoxy groups -OCH3 is 1. The molecular weight excluding hydrogens is 388 g/mol. The van der Waals surface area contributed by atoms with E-state index >= 15 is 0 Å². The van der Waals surface area contributed by atoms with Crippen LogP contribution in [-0.2, 0) is 19.5 Å². The molecule has 3 aromatic rings. The van der Waals surface area contributed by atoms with Gasteiger partial charge in [-0.1, -0.05) is 42.5 Å². The fourth-order valence-corrected chi connectivity index (χ4v) is 3.63. The largest absolute Gasteiger partial charge is 0.495 e. The Morgan fingerprint density at radius 2 is 1.66 bits per heavy atom. The molecule has 2 heterocycles. The van der Waals surface area contributed by atoms with Gasteiger partial charge in [0.2, 0.25) is 0 Å². The number of benzene rings is 2. The molecule has 0 N–H and O–H groups in total. The van der Waals surface area contributed by atoms with E-state index in [0.29, 0.717) is 0 Å². The number of hydrogen-bond donors (Lipinski definition) is 0. The van der Waals surface area contributed by atoms with Crippen LogP contribution in [-0.4, -0.2) is 58.4 Å². The van der Waals surface area contributed by atoms with Crippen molar-refractivity contribution in [3.05, 3.63) is 66.0 Å². The summed E-state index contributed by atoms with van der Waals surface area (Å²) in [6.45, 7) is 5.46. The summed E-state index contributed by atoms with van der Waals surface area (Å²) in [5, 5.41) is 12.3. The number of anilines is 1. The lowest BCUT2D eigenvalue weighted by atomic mass is 10.1. The molecule has 8 heteroatoms. The van der Waals surface area contributed by atoms with Gasteiger partial charge in [-0.3, -0.25) is 4.90 Å². The number of hydrogen-bond acceptors (Lipinski definition) is 6. The van der Waals surface area contributed by atoms with Crippen LogP contribution in [0.2, 0.25) is 0 Å². The summed E-state index contributed by atoms with van der Waals surface area (Å²) in [4.78, 5) is 4.80. The molecule has 0 spiro atoms. The molecule has 1 aromatic heterocycles. The second-order valence-corrected chi connectivity index (χ2v) is 6.99. The molecule has 1 aliphatic rings. The zero-order valence-electron chi connectivity index (χ0n) is 16.6. The summed E-state index contributed by atoms with van der Waals surface area (Å²) in [6, 6.07) is 18.7. The molecular formula is C21H27ClN6O. The molecule has 2 aromatic carbocycles. The van der Waals surface area contributed by atoms with Crippen LogP contribution in [0, 0.1) is 0 Å². The van der Waals surface area contributed by atoms with Gasteiger partial charge in [-0.25, -0.2) is 4.68 Å². The molecule has 0 radical (unpaired) electrons. The highest BCUT2D eigenvalue weighted by Crippen LogP contribution is 2.28. The van der Waals surface area contributed by atoms with Crippen molar-refractivity contribution in [1.82, 2.24) is 25.1 Å². The lowest BCUT2D eigenvalue weighted by molar-refractivity contribution is 0.238. The van der Waals surface area contributed by atoms with Gasteiger partial charge in [0.05, 0.1) is 19.3 Å².